The number of hydrogen-bond donors (Lipinski definition) is 1. The van der Waals surface area contributed by atoms with Crippen LogP contribution in [0.4, 0.5) is 0 Å². The van der Waals surface area contributed by atoms with Gasteiger partial charge in [-0.2, -0.15) is 5.10 Å². The lowest BCUT2D eigenvalue weighted by molar-refractivity contribution is -0.121. The molecule has 30 heavy (non-hydrogen) atoms. The van der Waals surface area contributed by atoms with Crippen LogP contribution in [0.5, 0.6) is 0 Å². The highest BCUT2D eigenvalue weighted by atomic mass is 35.5. The standard InChI is InChI=1S/C23H16ClN5O/c24-16-10-11-18-19(12-16)26-22-17-8-4-5-9-20(17)29(23(22)27-18)14-21(30)28-25-13-15-6-2-1-3-7-15/h1-13H,14H2,(H,28,30)/b25-13+. The van der Waals surface area contributed by atoms with Crippen molar-refractivity contribution in [2.75, 3.05) is 0 Å². The van der Waals surface area contributed by atoms with Crippen molar-refractivity contribution in [2.24, 2.45) is 5.10 Å². The molecule has 5 aromatic rings. The molecule has 0 fully saturated rings. The van der Waals surface area contributed by atoms with Gasteiger partial charge in [-0.3, -0.25) is 4.79 Å². The Morgan fingerprint density at radius 3 is 2.67 bits per heavy atom. The van der Waals surface area contributed by atoms with E-state index in [1.807, 2.05) is 65.2 Å². The molecule has 7 heteroatoms. The number of hydrazone groups is 1. The lowest BCUT2D eigenvalue weighted by Gasteiger charge is -2.06. The minimum Gasteiger partial charge on any atom is -0.314 e. The molecule has 0 saturated heterocycles. The van der Waals surface area contributed by atoms with E-state index >= 15 is 0 Å². The average molecular weight is 414 g/mol. The Bertz CT molecular complexity index is 1430. The first kappa shape index (κ1) is 18.3. The van der Waals surface area contributed by atoms with E-state index in [-0.39, 0.29) is 12.5 Å². The molecular formula is C23H16ClN5O. The van der Waals surface area contributed by atoms with Gasteiger partial charge >= 0.3 is 0 Å². The molecule has 0 bridgehead atoms. The van der Waals surface area contributed by atoms with Crippen LogP contribution < -0.4 is 5.43 Å². The average Bonchev–Trinajstić information content (AvgIpc) is 3.06. The van der Waals surface area contributed by atoms with E-state index < -0.39 is 0 Å². The van der Waals surface area contributed by atoms with Gasteiger partial charge in [-0.15, -0.1) is 0 Å². The molecule has 5 rings (SSSR count). The number of fused-ring (bicyclic) bond motifs is 4. The number of nitrogens with one attached hydrogen (secondary N) is 1. The lowest BCUT2D eigenvalue weighted by atomic mass is 10.2. The van der Waals surface area contributed by atoms with Crippen molar-refractivity contribution in [3.8, 4) is 0 Å². The van der Waals surface area contributed by atoms with E-state index in [0.29, 0.717) is 10.7 Å². The topological polar surface area (TPSA) is 72.2 Å². The Labute approximate surface area is 176 Å². The predicted octanol–water partition coefficient (Wildman–Crippen LogP) is 4.54. The Morgan fingerprint density at radius 2 is 1.80 bits per heavy atom. The van der Waals surface area contributed by atoms with Crippen LogP contribution in [0.25, 0.3) is 33.1 Å². The van der Waals surface area contributed by atoms with Gasteiger partial charge in [-0.05, 0) is 29.8 Å². The monoisotopic (exact) mass is 413 g/mol. The Balaban J connectivity index is 1.53. The quantitative estimate of drug-likeness (QED) is 0.347. The number of carbonyl (C=O) groups excluding carboxylic acids is 1. The van der Waals surface area contributed by atoms with Gasteiger partial charge in [0.2, 0.25) is 0 Å². The first-order chi connectivity index (χ1) is 14.7. The summed E-state index contributed by atoms with van der Waals surface area (Å²) in [5.74, 6) is -0.247. The summed E-state index contributed by atoms with van der Waals surface area (Å²) in [5.41, 5.74) is 7.20. The molecule has 1 amide bonds. The van der Waals surface area contributed by atoms with Crippen molar-refractivity contribution in [3.05, 3.63) is 83.4 Å². The van der Waals surface area contributed by atoms with Crippen LogP contribution in [-0.4, -0.2) is 26.7 Å². The SMILES string of the molecule is O=C(Cn1c2ccccc2c2nc3cc(Cl)ccc3nc21)N/N=C/c1ccccc1. The Kier molecular flexibility index (Phi) is 4.61. The molecule has 0 atom stereocenters. The molecule has 0 unspecified atom stereocenters. The van der Waals surface area contributed by atoms with Gasteiger partial charge in [0.1, 0.15) is 12.1 Å². The van der Waals surface area contributed by atoms with Crippen LogP contribution in [0.2, 0.25) is 5.02 Å². The summed E-state index contributed by atoms with van der Waals surface area (Å²) in [5, 5.41) is 5.59. The molecular weight excluding hydrogens is 398 g/mol. The molecule has 0 aliphatic heterocycles. The number of amides is 1. The third-order valence-corrected chi connectivity index (χ3v) is 5.05. The molecule has 0 saturated carbocycles. The third kappa shape index (κ3) is 3.38. The number of rotatable bonds is 4. The molecule has 0 aliphatic carbocycles. The summed E-state index contributed by atoms with van der Waals surface area (Å²) >= 11 is 6.12. The van der Waals surface area contributed by atoms with Crippen LogP contribution in [-0.2, 0) is 11.3 Å². The van der Waals surface area contributed by atoms with Crippen LogP contribution >= 0.6 is 11.6 Å². The van der Waals surface area contributed by atoms with Crippen molar-refractivity contribution in [1.29, 1.82) is 0 Å². The molecule has 6 nitrogen and oxygen atoms in total. The van der Waals surface area contributed by atoms with E-state index in [1.54, 1.807) is 18.3 Å². The van der Waals surface area contributed by atoms with Crippen LogP contribution in [0.15, 0.2) is 77.9 Å². The molecule has 0 radical (unpaired) electrons. The fourth-order valence-corrected chi connectivity index (χ4v) is 3.63. The maximum atomic E-state index is 12.6. The van der Waals surface area contributed by atoms with Gasteiger partial charge < -0.3 is 4.57 Å². The van der Waals surface area contributed by atoms with Gasteiger partial charge in [0, 0.05) is 10.4 Å². The zero-order chi connectivity index (χ0) is 20.5. The van der Waals surface area contributed by atoms with Crippen LogP contribution in [0.3, 0.4) is 0 Å². The summed E-state index contributed by atoms with van der Waals surface area (Å²) in [4.78, 5) is 22.1. The second-order valence-corrected chi connectivity index (χ2v) is 7.27. The lowest BCUT2D eigenvalue weighted by Crippen LogP contribution is -2.23. The summed E-state index contributed by atoms with van der Waals surface area (Å²) in [7, 11) is 0. The number of nitrogens with zero attached hydrogens (tertiary/aromatic N) is 4. The minimum atomic E-state index is -0.247. The number of carbonyl (C=O) groups is 1. The van der Waals surface area contributed by atoms with Crippen molar-refractivity contribution in [2.45, 2.75) is 6.54 Å². The highest BCUT2D eigenvalue weighted by molar-refractivity contribution is 6.31. The molecule has 0 spiro atoms. The zero-order valence-corrected chi connectivity index (χ0v) is 16.5. The second kappa shape index (κ2) is 7.57. The van der Waals surface area contributed by atoms with E-state index in [4.69, 9.17) is 21.6 Å². The first-order valence-corrected chi connectivity index (χ1v) is 9.78. The first-order valence-electron chi connectivity index (χ1n) is 9.40. The van der Waals surface area contributed by atoms with E-state index in [2.05, 4.69) is 10.5 Å². The largest absolute Gasteiger partial charge is 0.314 e. The fraction of sp³-hybridized carbons (Fsp3) is 0.0435. The fourth-order valence-electron chi connectivity index (χ4n) is 3.47. The Morgan fingerprint density at radius 1 is 1.00 bits per heavy atom. The van der Waals surface area contributed by atoms with Gasteiger partial charge in [0.05, 0.1) is 22.8 Å². The van der Waals surface area contributed by atoms with Crippen molar-refractivity contribution in [3.63, 3.8) is 0 Å². The maximum Gasteiger partial charge on any atom is 0.260 e. The normalized spacial score (nSPS) is 11.6. The molecule has 1 N–H and O–H groups in total. The smallest absolute Gasteiger partial charge is 0.260 e. The van der Waals surface area contributed by atoms with E-state index in [9.17, 15) is 4.79 Å². The number of halogens is 1. The van der Waals surface area contributed by atoms with Crippen LogP contribution in [0, 0.1) is 0 Å². The summed E-state index contributed by atoms with van der Waals surface area (Å²) in [6.07, 6.45) is 1.61. The maximum absolute atomic E-state index is 12.6. The van der Waals surface area contributed by atoms with Crippen molar-refractivity contribution >= 4 is 56.8 Å². The summed E-state index contributed by atoms with van der Waals surface area (Å²) < 4.78 is 1.86. The van der Waals surface area contributed by atoms with E-state index in [1.165, 1.54) is 0 Å². The van der Waals surface area contributed by atoms with Crippen LogP contribution in [0.1, 0.15) is 5.56 Å². The molecule has 2 aromatic heterocycles. The van der Waals surface area contributed by atoms with Gasteiger partial charge in [0.15, 0.2) is 5.65 Å². The molecule has 3 aromatic carbocycles. The second-order valence-electron chi connectivity index (χ2n) is 6.84. The molecule has 0 aliphatic rings. The number of aromatic nitrogens is 3. The zero-order valence-electron chi connectivity index (χ0n) is 15.8. The summed E-state index contributed by atoms with van der Waals surface area (Å²) in [6, 6.07) is 22.8. The van der Waals surface area contributed by atoms with Gasteiger partial charge in [-0.25, -0.2) is 15.4 Å². The Hall–Kier alpha value is -3.77. The van der Waals surface area contributed by atoms with Gasteiger partial charge in [0.25, 0.3) is 5.91 Å². The summed E-state index contributed by atoms with van der Waals surface area (Å²) in [6.45, 7) is 0.0733. The predicted molar refractivity (Wildman–Crippen MR) is 120 cm³/mol. The highest BCUT2D eigenvalue weighted by Crippen LogP contribution is 2.28. The minimum absolute atomic E-state index is 0.0733. The van der Waals surface area contributed by atoms with Gasteiger partial charge in [-0.1, -0.05) is 60.1 Å². The van der Waals surface area contributed by atoms with Crippen molar-refractivity contribution in [1.82, 2.24) is 20.0 Å². The molecule has 2 heterocycles. The number of para-hydroxylation sites is 1. The molecule has 146 valence electrons. The number of benzene rings is 3. The third-order valence-electron chi connectivity index (χ3n) is 4.82. The van der Waals surface area contributed by atoms with Crippen molar-refractivity contribution < 1.29 is 4.79 Å². The van der Waals surface area contributed by atoms with E-state index in [0.717, 1.165) is 33.0 Å². The number of hydrogen-bond acceptors (Lipinski definition) is 4. The highest BCUT2D eigenvalue weighted by Gasteiger charge is 2.16.